The molecule has 0 saturated carbocycles. The Balaban J connectivity index is 2.38. The van der Waals surface area contributed by atoms with Crippen molar-refractivity contribution < 1.29 is 38.0 Å². The molecule has 0 aromatic heterocycles. The molecule has 0 saturated heterocycles. The van der Waals surface area contributed by atoms with Crippen molar-refractivity contribution in [1.82, 2.24) is 0 Å². The molecule has 11 heteroatoms. The van der Waals surface area contributed by atoms with Gasteiger partial charge in [0.15, 0.2) is 0 Å². The van der Waals surface area contributed by atoms with Crippen molar-refractivity contribution in [3.8, 4) is 11.1 Å². The number of rotatable bonds is 2. The van der Waals surface area contributed by atoms with Crippen LogP contribution in [0.1, 0.15) is 0 Å². The summed E-state index contributed by atoms with van der Waals surface area (Å²) < 4.78 is 106. The molecule has 1 heterocycles. The number of fused-ring (bicyclic) bond motifs is 3. The number of hydrogen-bond donors (Lipinski definition) is 0. The molecular weight excluding hydrogens is 441 g/mol. The minimum atomic E-state index is -6.46. The fourth-order valence-electron chi connectivity index (χ4n) is 2.53. The van der Waals surface area contributed by atoms with E-state index in [-0.39, 0.29) is 11.1 Å². The minimum absolute atomic E-state index is 0.0211. The Labute approximate surface area is 140 Å². The van der Waals surface area contributed by atoms with Crippen LogP contribution in [-0.2, 0) is 13.4 Å². The van der Waals surface area contributed by atoms with Crippen molar-refractivity contribution in [1.29, 1.82) is 0 Å². The molecular formula is C14H8F6O3SSe. The third-order valence-electron chi connectivity index (χ3n) is 3.48. The summed E-state index contributed by atoms with van der Waals surface area (Å²) >= 11 is -5.97. The first kappa shape index (κ1) is 18.2. The summed E-state index contributed by atoms with van der Waals surface area (Å²) in [6.45, 7) is 0. The molecule has 2 aromatic rings. The Morgan fingerprint density at radius 1 is 0.760 bits per heavy atom. The Morgan fingerprint density at radius 3 is 1.52 bits per heavy atom. The van der Waals surface area contributed by atoms with E-state index in [9.17, 15) is 34.8 Å². The average molecular weight is 449 g/mol. The average Bonchev–Trinajstić information content (AvgIpc) is 2.78. The zero-order valence-electron chi connectivity index (χ0n) is 11.9. The van der Waals surface area contributed by atoms with E-state index in [0.717, 1.165) is 12.1 Å². The second kappa shape index (κ2) is 5.47. The van der Waals surface area contributed by atoms with Crippen molar-refractivity contribution in [3.05, 3.63) is 48.5 Å². The molecule has 0 amide bonds. The van der Waals surface area contributed by atoms with E-state index in [1.807, 2.05) is 0 Å². The topological polar surface area (TPSA) is 43.4 Å². The van der Waals surface area contributed by atoms with Crippen LogP contribution in [0.2, 0.25) is 0 Å². The number of benzene rings is 2. The molecule has 136 valence electrons. The third kappa shape index (κ3) is 2.57. The molecule has 1 aliphatic heterocycles. The molecule has 25 heavy (non-hydrogen) atoms. The van der Waals surface area contributed by atoms with Crippen molar-refractivity contribution in [2.75, 3.05) is 0 Å². The SMILES string of the molecule is O=S(=O)(O[Se]1(C(F)(F)F)c2ccccc2-c2ccccc21)C(F)(F)F. The van der Waals surface area contributed by atoms with Gasteiger partial charge in [0, 0.05) is 0 Å². The second-order valence-corrected chi connectivity index (χ2v) is 12.5. The monoisotopic (exact) mass is 450 g/mol. The van der Waals surface area contributed by atoms with Gasteiger partial charge >= 0.3 is 140 Å². The van der Waals surface area contributed by atoms with Gasteiger partial charge in [-0.2, -0.15) is 0 Å². The Kier molecular flexibility index (Phi) is 3.99. The van der Waals surface area contributed by atoms with Crippen LogP contribution in [0.4, 0.5) is 26.3 Å². The predicted molar refractivity (Wildman–Crippen MR) is 79.0 cm³/mol. The summed E-state index contributed by atoms with van der Waals surface area (Å²) in [6, 6.07) is 9.75. The fourth-order valence-corrected chi connectivity index (χ4v) is 11.4. The quantitative estimate of drug-likeness (QED) is 0.403. The maximum atomic E-state index is 14.0. The van der Waals surface area contributed by atoms with Gasteiger partial charge < -0.3 is 0 Å². The normalized spacial score (nSPS) is 17.7. The van der Waals surface area contributed by atoms with Crippen molar-refractivity contribution in [2.45, 2.75) is 10.6 Å². The first-order valence-corrected chi connectivity index (χ1v) is 11.2. The van der Waals surface area contributed by atoms with Crippen LogP contribution in [0, 0.1) is 0 Å². The van der Waals surface area contributed by atoms with Crippen LogP contribution in [0.3, 0.4) is 0 Å². The summed E-state index contributed by atoms with van der Waals surface area (Å²) in [5.41, 5.74) is -5.92. The van der Waals surface area contributed by atoms with Crippen LogP contribution >= 0.6 is 0 Å². The third-order valence-corrected chi connectivity index (χ3v) is 12.3. The van der Waals surface area contributed by atoms with E-state index >= 15 is 0 Å². The van der Waals surface area contributed by atoms with Gasteiger partial charge in [0.2, 0.25) is 0 Å². The van der Waals surface area contributed by atoms with Gasteiger partial charge in [-0.25, -0.2) is 0 Å². The second-order valence-electron chi connectivity index (χ2n) is 4.96. The van der Waals surface area contributed by atoms with E-state index in [0.29, 0.717) is 0 Å². The van der Waals surface area contributed by atoms with Crippen molar-refractivity contribution in [3.63, 3.8) is 0 Å². The molecule has 3 rings (SSSR count). The van der Waals surface area contributed by atoms with Crippen molar-refractivity contribution >= 4 is 32.2 Å². The predicted octanol–water partition coefficient (Wildman–Crippen LogP) is 2.69. The summed E-state index contributed by atoms with van der Waals surface area (Å²) in [5.74, 6) is 0. The first-order chi connectivity index (χ1) is 11.4. The van der Waals surface area contributed by atoms with Crippen LogP contribution < -0.4 is 8.92 Å². The standard InChI is InChI=1S/C14H8F6O3SSe/c15-13(16,17)24(21,22)23-25(14(18,19)20)11-7-3-1-5-9(11)10-6-2-4-8-12(10)25/h1-8H. The summed E-state index contributed by atoms with van der Waals surface area (Å²) in [5, 5.41) is -5.31. The molecule has 0 atom stereocenters. The Morgan fingerprint density at radius 2 is 1.16 bits per heavy atom. The zero-order chi connectivity index (χ0) is 18.7. The fraction of sp³-hybridized carbons (Fsp3) is 0.143. The van der Waals surface area contributed by atoms with Gasteiger partial charge in [-0.3, -0.25) is 0 Å². The molecule has 0 unspecified atom stereocenters. The van der Waals surface area contributed by atoms with Crippen LogP contribution in [0.25, 0.3) is 11.1 Å². The van der Waals surface area contributed by atoms with Gasteiger partial charge in [0.25, 0.3) is 0 Å². The number of hydrogen-bond acceptors (Lipinski definition) is 3. The molecule has 0 spiro atoms. The van der Waals surface area contributed by atoms with Crippen LogP contribution in [0.15, 0.2) is 48.5 Å². The van der Waals surface area contributed by atoms with E-state index in [2.05, 4.69) is 3.27 Å². The molecule has 0 aliphatic carbocycles. The van der Waals surface area contributed by atoms with E-state index < -0.39 is 42.8 Å². The van der Waals surface area contributed by atoms with Gasteiger partial charge in [0.05, 0.1) is 0 Å². The zero-order valence-corrected chi connectivity index (χ0v) is 14.5. The van der Waals surface area contributed by atoms with Gasteiger partial charge in [0.1, 0.15) is 0 Å². The molecule has 0 fully saturated rings. The van der Waals surface area contributed by atoms with Gasteiger partial charge in [-0.05, 0) is 0 Å². The molecule has 3 nitrogen and oxygen atoms in total. The van der Waals surface area contributed by atoms with Gasteiger partial charge in [-0.1, -0.05) is 0 Å². The van der Waals surface area contributed by atoms with Crippen molar-refractivity contribution in [2.24, 2.45) is 0 Å². The van der Waals surface area contributed by atoms with Crippen LogP contribution in [-0.4, -0.2) is 32.2 Å². The van der Waals surface area contributed by atoms with E-state index in [1.54, 1.807) is 0 Å². The Hall–Kier alpha value is -1.55. The van der Waals surface area contributed by atoms with E-state index in [1.165, 1.54) is 36.4 Å². The number of alkyl halides is 6. The summed E-state index contributed by atoms with van der Waals surface area (Å²) in [6.07, 6.45) is 0. The molecule has 1 aliphatic rings. The molecule has 2 aromatic carbocycles. The Bertz CT molecular complexity index is 891. The van der Waals surface area contributed by atoms with Crippen LogP contribution in [0.5, 0.6) is 0 Å². The van der Waals surface area contributed by atoms with E-state index in [4.69, 9.17) is 0 Å². The summed E-state index contributed by atoms with van der Waals surface area (Å²) in [7, 11) is -6.46. The van der Waals surface area contributed by atoms with Gasteiger partial charge in [-0.15, -0.1) is 0 Å². The molecule has 0 N–H and O–H groups in total. The number of halogens is 6. The summed E-state index contributed by atoms with van der Waals surface area (Å²) in [4.78, 5) is 0. The molecule has 0 bridgehead atoms. The first-order valence-electron chi connectivity index (χ1n) is 6.52. The maximum absolute atomic E-state index is 14.0. The molecule has 0 radical (unpaired) electrons.